The van der Waals surface area contributed by atoms with E-state index in [1.807, 2.05) is 0 Å². The van der Waals surface area contributed by atoms with Crippen molar-refractivity contribution in [3.05, 3.63) is 0 Å². The third-order valence-corrected chi connectivity index (χ3v) is 1.99. The summed E-state index contributed by atoms with van der Waals surface area (Å²) in [6, 6.07) is 0. The van der Waals surface area contributed by atoms with Crippen LogP contribution in [0.2, 0.25) is 0 Å². The summed E-state index contributed by atoms with van der Waals surface area (Å²) in [5.41, 5.74) is 0. The summed E-state index contributed by atoms with van der Waals surface area (Å²) < 4.78 is 4.85. The van der Waals surface area contributed by atoms with E-state index in [0.29, 0.717) is 0 Å². The predicted octanol–water partition coefficient (Wildman–Crippen LogP) is 0.470. The number of hydrogen-bond donors (Lipinski definition) is 2. The van der Waals surface area contributed by atoms with Gasteiger partial charge in [-0.2, -0.15) is 0 Å². The first kappa shape index (κ1) is 9.64. The van der Waals surface area contributed by atoms with Crippen LogP contribution in [0.3, 0.4) is 0 Å². The van der Waals surface area contributed by atoms with Gasteiger partial charge in [-0.05, 0) is 0 Å². The molecule has 0 unspecified atom stereocenters. The summed E-state index contributed by atoms with van der Waals surface area (Å²) in [5, 5.41) is 0. The molecule has 0 aromatic rings. The molecule has 0 radical (unpaired) electrons. The minimum atomic E-state index is -0.136. The lowest BCUT2D eigenvalue weighted by molar-refractivity contribution is -0.118. The van der Waals surface area contributed by atoms with Crippen molar-refractivity contribution in [3.63, 3.8) is 0 Å². The van der Waals surface area contributed by atoms with Crippen LogP contribution in [0.25, 0.3) is 0 Å². The normalized spacial score (nSPS) is 8.60. The van der Waals surface area contributed by atoms with Crippen LogP contribution in [0.15, 0.2) is 0 Å². The van der Waals surface area contributed by atoms with Crippen molar-refractivity contribution < 1.29 is 9.59 Å². The highest BCUT2D eigenvalue weighted by atomic mass is 33.1. The van der Waals surface area contributed by atoms with Crippen molar-refractivity contribution in [2.45, 2.75) is 13.8 Å². The monoisotopic (exact) mass is 180 g/mol. The summed E-state index contributed by atoms with van der Waals surface area (Å²) in [6.07, 6.45) is 0. The van der Waals surface area contributed by atoms with Crippen LogP contribution in [0, 0.1) is 0 Å². The van der Waals surface area contributed by atoms with Crippen LogP contribution in [-0.2, 0) is 9.59 Å². The molecule has 0 bridgehead atoms. The molecule has 10 heavy (non-hydrogen) atoms. The molecule has 0 heterocycles. The molecule has 4 nitrogen and oxygen atoms in total. The van der Waals surface area contributed by atoms with E-state index in [-0.39, 0.29) is 11.8 Å². The summed E-state index contributed by atoms with van der Waals surface area (Å²) in [5.74, 6) is -0.272. The highest BCUT2D eigenvalue weighted by molar-refractivity contribution is 8.75. The standard InChI is InChI=1S/C4H8N2O2S2/c1-3(7)5-9-10-6-4(2)8/h1-2H3,(H,5,7)(H,6,8). The lowest BCUT2D eigenvalue weighted by Crippen LogP contribution is -2.13. The first-order valence-electron chi connectivity index (χ1n) is 2.48. The quantitative estimate of drug-likeness (QED) is 0.376. The van der Waals surface area contributed by atoms with Crippen LogP contribution >= 0.6 is 22.0 Å². The molecular weight excluding hydrogens is 172 g/mol. The van der Waals surface area contributed by atoms with Gasteiger partial charge >= 0.3 is 0 Å². The van der Waals surface area contributed by atoms with Crippen molar-refractivity contribution in [1.82, 2.24) is 9.44 Å². The molecule has 2 amide bonds. The van der Waals surface area contributed by atoms with Gasteiger partial charge in [-0.1, -0.05) is 0 Å². The van der Waals surface area contributed by atoms with Gasteiger partial charge in [0.15, 0.2) is 0 Å². The van der Waals surface area contributed by atoms with E-state index in [1.54, 1.807) is 0 Å². The minimum Gasteiger partial charge on any atom is -0.290 e. The van der Waals surface area contributed by atoms with Gasteiger partial charge in [0, 0.05) is 35.8 Å². The molecule has 0 saturated heterocycles. The SMILES string of the molecule is CC(=O)NSSNC(C)=O. The first-order chi connectivity index (χ1) is 4.63. The highest BCUT2D eigenvalue weighted by Gasteiger charge is 1.92. The third-order valence-electron chi connectivity index (χ3n) is 0.412. The van der Waals surface area contributed by atoms with Gasteiger partial charge in [0.2, 0.25) is 11.8 Å². The van der Waals surface area contributed by atoms with Crippen molar-refractivity contribution in [3.8, 4) is 0 Å². The molecule has 0 spiro atoms. The average Bonchev–Trinajstić information content (AvgIpc) is 1.79. The van der Waals surface area contributed by atoms with Gasteiger partial charge in [-0.3, -0.25) is 19.0 Å². The lowest BCUT2D eigenvalue weighted by atomic mass is 10.8. The summed E-state index contributed by atoms with van der Waals surface area (Å²) in [7, 11) is 2.15. The molecule has 58 valence electrons. The molecule has 2 N–H and O–H groups in total. The fourth-order valence-corrected chi connectivity index (χ4v) is 1.43. The second-order valence-corrected chi connectivity index (χ2v) is 3.22. The topological polar surface area (TPSA) is 58.2 Å². The zero-order chi connectivity index (χ0) is 7.98. The molecule has 0 fully saturated rings. The number of carbonyl (C=O) groups excluding carboxylic acids is 2. The van der Waals surface area contributed by atoms with Crippen LogP contribution < -0.4 is 9.44 Å². The Hall–Kier alpha value is -0.360. The van der Waals surface area contributed by atoms with Gasteiger partial charge in [0.1, 0.15) is 0 Å². The second kappa shape index (κ2) is 5.43. The summed E-state index contributed by atoms with van der Waals surface area (Å²) >= 11 is 0. The zero-order valence-corrected chi connectivity index (χ0v) is 7.27. The Labute approximate surface area is 67.2 Å². The summed E-state index contributed by atoms with van der Waals surface area (Å²) in [6.45, 7) is 2.81. The Kier molecular flexibility index (Phi) is 5.23. The molecular formula is C4H8N2O2S2. The van der Waals surface area contributed by atoms with E-state index in [1.165, 1.54) is 13.8 Å². The second-order valence-electron chi connectivity index (χ2n) is 1.48. The minimum absolute atomic E-state index is 0.136. The van der Waals surface area contributed by atoms with Crippen LogP contribution in [0.1, 0.15) is 13.8 Å². The van der Waals surface area contributed by atoms with E-state index in [0.717, 1.165) is 22.0 Å². The van der Waals surface area contributed by atoms with Crippen molar-refractivity contribution in [2.24, 2.45) is 0 Å². The zero-order valence-electron chi connectivity index (χ0n) is 5.63. The number of rotatable bonds is 3. The average molecular weight is 180 g/mol. The number of carbonyl (C=O) groups is 2. The lowest BCUT2D eigenvalue weighted by Gasteiger charge is -1.98. The molecule has 0 rings (SSSR count). The van der Waals surface area contributed by atoms with Gasteiger partial charge in [0.25, 0.3) is 0 Å². The van der Waals surface area contributed by atoms with Crippen molar-refractivity contribution in [2.75, 3.05) is 0 Å². The molecule has 0 aromatic carbocycles. The van der Waals surface area contributed by atoms with Crippen LogP contribution in [0.5, 0.6) is 0 Å². The molecule has 0 aliphatic rings. The molecule has 0 saturated carbocycles. The summed E-state index contributed by atoms with van der Waals surface area (Å²) in [4.78, 5) is 20.5. The molecule has 0 aliphatic carbocycles. The van der Waals surface area contributed by atoms with E-state index in [9.17, 15) is 9.59 Å². The van der Waals surface area contributed by atoms with Gasteiger partial charge in [0.05, 0.1) is 0 Å². The van der Waals surface area contributed by atoms with Gasteiger partial charge in [-0.15, -0.1) is 0 Å². The van der Waals surface area contributed by atoms with E-state index >= 15 is 0 Å². The highest BCUT2D eigenvalue weighted by Crippen LogP contribution is 2.10. The molecule has 0 atom stereocenters. The van der Waals surface area contributed by atoms with Gasteiger partial charge < -0.3 is 0 Å². The van der Waals surface area contributed by atoms with Crippen molar-refractivity contribution >= 4 is 33.8 Å². The van der Waals surface area contributed by atoms with Crippen LogP contribution in [-0.4, -0.2) is 11.8 Å². The Morgan fingerprint density at radius 3 is 1.50 bits per heavy atom. The maximum atomic E-state index is 10.2. The fourth-order valence-electron chi connectivity index (χ4n) is 0.159. The fraction of sp³-hybridized carbons (Fsp3) is 0.500. The van der Waals surface area contributed by atoms with E-state index in [2.05, 4.69) is 9.44 Å². The molecule has 0 aromatic heterocycles. The largest absolute Gasteiger partial charge is 0.290 e. The van der Waals surface area contributed by atoms with E-state index < -0.39 is 0 Å². The Balaban J connectivity index is 3.06. The first-order valence-corrected chi connectivity index (χ1v) is 4.63. The van der Waals surface area contributed by atoms with Gasteiger partial charge in [-0.25, -0.2) is 0 Å². The molecule has 0 aliphatic heterocycles. The smallest absolute Gasteiger partial charge is 0.227 e. The Morgan fingerprint density at radius 1 is 1.00 bits per heavy atom. The Morgan fingerprint density at radius 2 is 1.30 bits per heavy atom. The number of hydrogen-bond acceptors (Lipinski definition) is 4. The maximum Gasteiger partial charge on any atom is 0.227 e. The van der Waals surface area contributed by atoms with E-state index in [4.69, 9.17) is 0 Å². The van der Waals surface area contributed by atoms with Crippen LogP contribution in [0.4, 0.5) is 0 Å². The maximum absolute atomic E-state index is 10.2. The number of amides is 2. The Bertz CT molecular complexity index is 123. The third kappa shape index (κ3) is 7.64. The number of nitrogens with one attached hydrogen (secondary N) is 2. The predicted molar refractivity (Wildman–Crippen MR) is 42.8 cm³/mol. The molecule has 6 heteroatoms. The van der Waals surface area contributed by atoms with Crippen molar-refractivity contribution in [1.29, 1.82) is 0 Å².